The van der Waals surface area contributed by atoms with Crippen LogP contribution in [0.2, 0.25) is 0 Å². The molecule has 4 rings (SSSR count). The SMILES string of the molecule is Cc1ccc(NC(=O)Cn2nc(N3CCN(c4ccccc4)CC3)ccc2=O)cc1C. The summed E-state index contributed by atoms with van der Waals surface area (Å²) in [5.74, 6) is 0.440. The van der Waals surface area contributed by atoms with Crippen LogP contribution in [0.1, 0.15) is 11.1 Å². The molecule has 0 unspecified atom stereocenters. The third-order valence-corrected chi connectivity index (χ3v) is 5.66. The molecule has 7 heteroatoms. The van der Waals surface area contributed by atoms with Gasteiger partial charge in [-0.25, -0.2) is 4.68 Å². The molecule has 0 atom stereocenters. The summed E-state index contributed by atoms with van der Waals surface area (Å²) in [5.41, 5.74) is 3.90. The Morgan fingerprint density at radius 1 is 0.903 bits per heavy atom. The number of aromatic nitrogens is 2. The number of amides is 1. The highest BCUT2D eigenvalue weighted by molar-refractivity contribution is 5.90. The average molecular weight is 418 g/mol. The monoisotopic (exact) mass is 417 g/mol. The Hall–Kier alpha value is -3.61. The molecule has 1 saturated heterocycles. The summed E-state index contributed by atoms with van der Waals surface area (Å²) in [6.07, 6.45) is 0. The van der Waals surface area contributed by atoms with Crippen LogP contribution in [0, 0.1) is 13.8 Å². The molecule has 1 amide bonds. The lowest BCUT2D eigenvalue weighted by Crippen LogP contribution is -2.47. The molecule has 31 heavy (non-hydrogen) atoms. The summed E-state index contributed by atoms with van der Waals surface area (Å²) in [4.78, 5) is 29.2. The highest BCUT2D eigenvalue weighted by Gasteiger charge is 2.19. The lowest BCUT2D eigenvalue weighted by Gasteiger charge is -2.36. The number of nitrogens with zero attached hydrogens (tertiary/aromatic N) is 4. The van der Waals surface area contributed by atoms with E-state index in [2.05, 4.69) is 32.3 Å². The molecular formula is C24H27N5O2. The van der Waals surface area contributed by atoms with Crippen molar-refractivity contribution in [3.05, 3.63) is 82.1 Å². The Morgan fingerprint density at radius 3 is 2.32 bits per heavy atom. The molecule has 3 aromatic rings. The predicted octanol–water partition coefficient (Wildman–Crippen LogP) is 2.83. The van der Waals surface area contributed by atoms with Gasteiger partial charge in [-0.1, -0.05) is 24.3 Å². The minimum atomic E-state index is -0.290. The molecule has 0 spiro atoms. The zero-order valence-electron chi connectivity index (χ0n) is 17.9. The first-order chi connectivity index (χ1) is 15.0. The van der Waals surface area contributed by atoms with Crippen LogP contribution in [0.15, 0.2) is 65.5 Å². The fourth-order valence-electron chi connectivity index (χ4n) is 3.71. The van der Waals surface area contributed by atoms with E-state index in [9.17, 15) is 9.59 Å². The first kappa shape index (κ1) is 20.7. The largest absolute Gasteiger partial charge is 0.368 e. The molecule has 0 saturated carbocycles. The number of hydrogen-bond acceptors (Lipinski definition) is 5. The van der Waals surface area contributed by atoms with E-state index in [1.165, 1.54) is 16.4 Å². The standard InChI is InChI=1S/C24H27N5O2/c1-18-8-9-20(16-19(18)2)25-23(30)17-29-24(31)11-10-22(26-29)28-14-12-27(13-15-28)21-6-4-3-5-7-21/h3-11,16H,12-15,17H2,1-2H3,(H,25,30). The number of carbonyl (C=O) groups excluding carboxylic acids is 1. The normalized spacial score (nSPS) is 13.9. The molecule has 1 aromatic heterocycles. The summed E-state index contributed by atoms with van der Waals surface area (Å²) in [6, 6.07) is 19.3. The van der Waals surface area contributed by atoms with Gasteiger partial charge in [-0.2, -0.15) is 5.10 Å². The van der Waals surface area contributed by atoms with Crippen molar-refractivity contribution in [2.45, 2.75) is 20.4 Å². The summed E-state index contributed by atoms with van der Waals surface area (Å²) < 4.78 is 1.23. The number of rotatable bonds is 5. The second kappa shape index (κ2) is 9.04. The number of para-hydroxylation sites is 1. The number of anilines is 3. The number of piperazine rings is 1. The van der Waals surface area contributed by atoms with Gasteiger partial charge < -0.3 is 15.1 Å². The van der Waals surface area contributed by atoms with Crippen molar-refractivity contribution in [1.82, 2.24) is 9.78 Å². The van der Waals surface area contributed by atoms with Crippen molar-refractivity contribution in [1.29, 1.82) is 0 Å². The number of benzene rings is 2. The molecule has 1 aliphatic rings. The van der Waals surface area contributed by atoms with E-state index in [0.717, 1.165) is 37.3 Å². The van der Waals surface area contributed by atoms with E-state index in [1.807, 2.05) is 50.2 Å². The van der Waals surface area contributed by atoms with Gasteiger partial charge in [0.25, 0.3) is 5.56 Å². The predicted molar refractivity (Wildman–Crippen MR) is 124 cm³/mol. The van der Waals surface area contributed by atoms with Crippen molar-refractivity contribution in [2.75, 3.05) is 41.3 Å². The summed E-state index contributed by atoms with van der Waals surface area (Å²) in [7, 11) is 0. The molecule has 2 aromatic carbocycles. The summed E-state index contributed by atoms with van der Waals surface area (Å²) in [5, 5.41) is 7.31. The van der Waals surface area contributed by atoms with Gasteiger partial charge in [-0.05, 0) is 55.3 Å². The van der Waals surface area contributed by atoms with E-state index < -0.39 is 0 Å². The molecule has 1 aliphatic heterocycles. The van der Waals surface area contributed by atoms with E-state index in [0.29, 0.717) is 11.5 Å². The Balaban J connectivity index is 1.41. The Bertz CT molecular complexity index is 1120. The Morgan fingerprint density at radius 2 is 1.61 bits per heavy atom. The second-order valence-corrected chi connectivity index (χ2v) is 7.84. The number of aryl methyl sites for hydroxylation is 2. The Labute approximate surface area is 181 Å². The van der Waals surface area contributed by atoms with Gasteiger partial charge in [-0.15, -0.1) is 0 Å². The fourth-order valence-corrected chi connectivity index (χ4v) is 3.71. The maximum absolute atomic E-state index is 12.5. The van der Waals surface area contributed by atoms with E-state index in [1.54, 1.807) is 6.07 Å². The molecule has 0 aliphatic carbocycles. The maximum atomic E-state index is 12.5. The van der Waals surface area contributed by atoms with Crippen LogP contribution >= 0.6 is 0 Å². The van der Waals surface area contributed by atoms with Crippen molar-refractivity contribution in [2.24, 2.45) is 0 Å². The fraction of sp³-hybridized carbons (Fsp3) is 0.292. The topological polar surface area (TPSA) is 70.5 Å². The van der Waals surface area contributed by atoms with Gasteiger partial charge in [-0.3, -0.25) is 9.59 Å². The van der Waals surface area contributed by atoms with Crippen LogP contribution < -0.4 is 20.7 Å². The lowest BCUT2D eigenvalue weighted by atomic mass is 10.1. The maximum Gasteiger partial charge on any atom is 0.267 e. The minimum absolute atomic E-state index is 0.121. The van der Waals surface area contributed by atoms with E-state index >= 15 is 0 Å². The Kier molecular flexibility index (Phi) is 6.02. The van der Waals surface area contributed by atoms with Gasteiger partial charge in [0.15, 0.2) is 0 Å². The minimum Gasteiger partial charge on any atom is -0.368 e. The van der Waals surface area contributed by atoms with Crippen LogP contribution in [-0.2, 0) is 11.3 Å². The van der Waals surface area contributed by atoms with Gasteiger partial charge in [0.1, 0.15) is 12.4 Å². The smallest absolute Gasteiger partial charge is 0.267 e. The van der Waals surface area contributed by atoms with Crippen LogP contribution in [0.25, 0.3) is 0 Å². The lowest BCUT2D eigenvalue weighted by molar-refractivity contribution is -0.117. The second-order valence-electron chi connectivity index (χ2n) is 7.84. The molecule has 160 valence electrons. The van der Waals surface area contributed by atoms with Crippen LogP contribution in [0.5, 0.6) is 0 Å². The zero-order chi connectivity index (χ0) is 21.8. The van der Waals surface area contributed by atoms with E-state index in [4.69, 9.17) is 0 Å². The number of hydrogen-bond donors (Lipinski definition) is 1. The number of nitrogens with one attached hydrogen (secondary N) is 1. The quantitative estimate of drug-likeness (QED) is 0.691. The van der Waals surface area contributed by atoms with Gasteiger partial charge in [0.2, 0.25) is 5.91 Å². The van der Waals surface area contributed by atoms with Gasteiger partial charge in [0, 0.05) is 43.6 Å². The average Bonchev–Trinajstić information content (AvgIpc) is 2.78. The highest BCUT2D eigenvalue weighted by atomic mass is 16.2. The highest BCUT2D eigenvalue weighted by Crippen LogP contribution is 2.18. The molecule has 2 heterocycles. The molecular weight excluding hydrogens is 390 g/mol. The molecule has 1 fully saturated rings. The van der Waals surface area contributed by atoms with Gasteiger partial charge >= 0.3 is 0 Å². The van der Waals surface area contributed by atoms with Crippen LogP contribution in [-0.4, -0.2) is 41.9 Å². The molecule has 7 nitrogen and oxygen atoms in total. The molecule has 0 bridgehead atoms. The summed E-state index contributed by atoms with van der Waals surface area (Å²) >= 11 is 0. The van der Waals surface area contributed by atoms with Crippen molar-refractivity contribution >= 4 is 23.1 Å². The van der Waals surface area contributed by atoms with Gasteiger partial charge in [0.05, 0.1) is 0 Å². The third kappa shape index (κ3) is 4.94. The molecule has 1 N–H and O–H groups in total. The van der Waals surface area contributed by atoms with Crippen molar-refractivity contribution < 1.29 is 4.79 Å². The van der Waals surface area contributed by atoms with Crippen LogP contribution in [0.3, 0.4) is 0 Å². The van der Waals surface area contributed by atoms with Crippen molar-refractivity contribution in [3.63, 3.8) is 0 Å². The van der Waals surface area contributed by atoms with Crippen LogP contribution in [0.4, 0.5) is 17.2 Å². The third-order valence-electron chi connectivity index (χ3n) is 5.66. The summed E-state index contributed by atoms with van der Waals surface area (Å²) in [6.45, 7) is 7.25. The number of carbonyl (C=O) groups is 1. The van der Waals surface area contributed by atoms with Crippen molar-refractivity contribution in [3.8, 4) is 0 Å². The first-order valence-corrected chi connectivity index (χ1v) is 10.5. The zero-order valence-corrected chi connectivity index (χ0v) is 17.9. The first-order valence-electron chi connectivity index (χ1n) is 10.5. The van der Waals surface area contributed by atoms with E-state index in [-0.39, 0.29) is 18.0 Å². The molecule has 0 radical (unpaired) electrons.